The number of carbonyl (C=O) groups is 1. The first kappa shape index (κ1) is 18.5. The van der Waals surface area contributed by atoms with Crippen molar-refractivity contribution >= 4 is 17.3 Å². The molecule has 1 aliphatic heterocycles. The molecule has 0 saturated carbocycles. The molecule has 0 unspecified atom stereocenters. The minimum absolute atomic E-state index is 0.185. The first-order chi connectivity index (χ1) is 13.6. The third-order valence-electron chi connectivity index (χ3n) is 4.78. The molecule has 1 aromatic heterocycles. The Morgan fingerprint density at radius 1 is 1.25 bits per heavy atom. The second kappa shape index (κ2) is 8.04. The van der Waals surface area contributed by atoms with E-state index >= 15 is 0 Å². The zero-order valence-corrected chi connectivity index (χ0v) is 16.4. The number of rotatable bonds is 4. The molecule has 0 saturated heterocycles. The summed E-state index contributed by atoms with van der Waals surface area (Å²) in [5, 5.41) is 12.5. The standard InChI is InChI=1S/C22H21NO4S/c1-26-22(25)16-6-4-15(5-7-16)13-23-8-9-27-21-18(14-23)11-17(12-19(21)24)20-3-2-10-28-20/h2-7,10-12,24H,8-9,13-14H2,1H3. The predicted molar refractivity (Wildman–Crippen MR) is 109 cm³/mol. The summed E-state index contributed by atoms with van der Waals surface area (Å²) in [7, 11) is 1.38. The van der Waals surface area contributed by atoms with E-state index in [-0.39, 0.29) is 11.7 Å². The molecule has 0 fully saturated rings. The van der Waals surface area contributed by atoms with Crippen molar-refractivity contribution in [3.05, 3.63) is 70.6 Å². The molecule has 4 rings (SSSR count). The van der Waals surface area contributed by atoms with Crippen molar-refractivity contribution in [3.63, 3.8) is 0 Å². The number of fused-ring (bicyclic) bond motifs is 1. The highest BCUT2D eigenvalue weighted by atomic mass is 32.1. The molecule has 3 aromatic rings. The van der Waals surface area contributed by atoms with Crippen LogP contribution in [0.15, 0.2) is 53.9 Å². The zero-order chi connectivity index (χ0) is 19.5. The van der Waals surface area contributed by atoms with Crippen molar-refractivity contribution in [1.82, 2.24) is 4.90 Å². The summed E-state index contributed by atoms with van der Waals surface area (Å²) in [5.41, 5.74) is 3.63. The molecule has 1 N–H and O–H groups in total. The summed E-state index contributed by atoms with van der Waals surface area (Å²) in [6, 6.07) is 15.4. The van der Waals surface area contributed by atoms with Crippen molar-refractivity contribution in [2.45, 2.75) is 13.1 Å². The molecule has 2 heterocycles. The summed E-state index contributed by atoms with van der Waals surface area (Å²) in [5.74, 6) is 0.425. The van der Waals surface area contributed by atoms with E-state index < -0.39 is 0 Å². The summed E-state index contributed by atoms with van der Waals surface area (Å²) >= 11 is 1.65. The van der Waals surface area contributed by atoms with Gasteiger partial charge < -0.3 is 14.6 Å². The highest BCUT2D eigenvalue weighted by Crippen LogP contribution is 2.38. The Morgan fingerprint density at radius 2 is 2.07 bits per heavy atom. The number of thiophene rings is 1. The van der Waals surface area contributed by atoms with E-state index in [1.165, 1.54) is 7.11 Å². The van der Waals surface area contributed by atoms with Crippen LogP contribution in [0, 0.1) is 0 Å². The molecular formula is C22H21NO4S. The molecule has 0 amide bonds. The average molecular weight is 395 g/mol. The number of hydrogen-bond donors (Lipinski definition) is 1. The molecule has 1 aliphatic rings. The van der Waals surface area contributed by atoms with E-state index in [2.05, 4.69) is 11.0 Å². The second-order valence-electron chi connectivity index (χ2n) is 6.71. The highest BCUT2D eigenvalue weighted by molar-refractivity contribution is 7.13. The Labute approximate surface area is 167 Å². The number of esters is 1. The maximum absolute atomic E-state index is 11.6. The molecule has 0 bridgehead atoms. The van der Waals surface area contributed by atoms with Crippen LogP contribution in [-0.2, 0) is 17.8 Å². The quantitative estimate of drug-likeness (QED) is 0.668. The van der Waals surface area contributed by atoms with Gasteiger partial charge in [0.05, 0.1) is 12.7 Å². The maximum Gasteiger partial charge on any atom is 0.337 e. The summed E-state index contributed by atoms with van der Waals surface area (Å²) < 4.78 is 10.6. The average Bonchev–Trinajstić information content (AvgIpc) is 3.16. The van der Waals surface area contributed by atoms with Crippen LogP contribution >= 0.6 is 11.3 Å². The topological polar surface area (TPSA) is 59.0 Å². The van der Waals surface area contributed by atoms with E-state index in [0.29, 0.717) is 24.5 Å². The van der Waals surface area contributed by atoms with Gasteiger partial charge in [-0.25, -0.2) is 4.79 Å². The monoisotopic (exact) mass is 395 g/mol. The minimum atomic E-state index is -0.333. The highest BCUT2D eigenvalue weighted by Gasteiger charge is 2.20. The molecule has 0 radical (unpaired) electrons. The van der Waals surface area contributed by atoms with Crippen LogP contribution < -0.4 is 4.74 Å². The van der Waals surface area contributed by atoms with E-state index in [4.69, 9.17) is 9.47 Å². The minimum Gasteiger partial charge on any atom is -0.504 e. The van der Waals surface area contributed by atoms with Gasteiger partial charge in [0.2, 0.25) is 0 Å². The third kappa shape index (κ3) is 3.88. The number of ether oxygens (including phenoxy) is 2. The van der Waals surface area contributed by atoms with Gasteiger partial charge in [-0.15, -0.1) is 11.3 Å². The fourth-order valence-electron chi connectivity index (χ4n) is 3.40. The van der Waals surface area contributed by atoms with Gasteiger partial charge in [0.1, 0.15) is 6.61 Å². The molecule has 0 atom stereocenters. The van der Waals surface area contributed by atoms with E-state index in [1.54, 1.807) is 29.5 Å². The SMILES string of the molecule is COC(=O)c1ccc(CN2CCOc3c(O)cc(-c4cccs4)cc3C2)cc1. The summed E-state index contributed by atoms with van der Waals surface area (Å²) in [6.45, 7) is 2.68. The van der Waals surface area contributed by atoms with Crippen LogP contribution in [-0.4, -0.2) is 36.2 Å². The number of benzene rings is 2. The van der Waals surface area contributed by atoms with E-state index in [1.807, 2.05) is 29.6 Å². The molecule has 6 heteroatoms. The van der Waals surface area contributed by atoms with Crippen LogP contribution in [0.3, 0.4) is 0 Å². The number of carbonyl (C=O) groups excluding carboxylic acids is 1. The number of phenolic OH excluding ortho intramolecular Hbond substituents is 1. The van der Waals surface area contributed by atoms with Crippen molar-refractivity contribution in [2.24, 2.45) is 0 Å². The van der Waals surface area contributed by atoms with Crippen LogP contribution in [0.25, 0.3) is 10.4 Å². The van der Waals surface area contributed by atoms with Crippen molar-refractivity contribution in [2.75, 3.05) is 20.3 Å². The van der Waals surface area contributed by atoms with Crippen LogP contribution in [0.5, 0.6) is 11.5 Å². The van der Waals surface area contributed by atoms with Gasteiger partial charge in [-0.3, -0.25) is 4.90 Å². The first-order valence-corrected chi connectivity index (χ1v) is 9.94. The van der Waals surface area contributed by atoms with Crippen molar-refractivity contribution < 1.29 is 19.4 Å². The number of methoxy groups -OCH3 is 1. The fraction of sp³-hybridized carbons (Fsp3) is 0.227. The van der Waals surface area contributed by atoms with Crippen molar-refractivity contribution in [1.29, 1.82) is 0 Å². The largest absolute Gasteiger partial charge is 0.504 e. The van der Waals surface area contributed by atoms with Gasteiger partial charge in [-0.2, -0.15) is 0 Å². The number of hydrogen-bond acceptors (Lipinski definition) is 6. The van der Waals surface area contributed by atoms with Gasteiger partial charge >= 0.3 is 5.97 Å². The molecule has 2 aromatic carbocycles. The summed E-state index contributed by atoms with van der Waals surface area (Å²) in [4.78, 5) is 15.0. The molecule has 28 heavy (non-hydrogen) atoms. The van der Waals surface area contributed by atoms with Gasteiger partial charge in [-0.1, -0.05) is 18.2 Å². The molecule has 0 spiro atoms. The molecule has 144 valence electrons. The predicted octanol–water partition coefficient (Wildman–Crippen LogP) is 4.30. The zero-order valence-electron chi connectivity index (χ0n) is 15.6. The molecular weight excluding hydrogens is 374 g/mol. The Balaban J connectivity index is 1.55. The van der Waals surface area contributed by atoms with Gasteiger partial charge in [0.15, 0.2) is 11.5 Å². The van der Waals surface area contributed by atoms with Crippen LogP contribution in [0.2, 0.25) is 0 Å². The lowest BCUT2D eigenvalue weighted by molar-refractivity contribution is 0.0600. The van der Waals surface area contributed by atoms with Crippen LogP contribution in [0.4, 0.5) is 0 Å². The lowest BCUT2D eigenvalue weighted by atomic mass is 10.1. The Bertz CT molecular complexity index is 967. The maximum atomic E-state index is 11.6. The lowest BCUT2D eigenvalue weighted by Gasteiger charge is -2.19. The number of phenols is 1. The number of nitrogens with zero attached hydrogens (tertiary/aromatic N) is 1. The Morgan fingerprint density at radius 3 is 2.79 bits per heavy atom. The second-order valence-corrected chi connectivity index (χ2v) is 7.66. The van der Waals surface area contributed by atoms with Crippen molar-refractivity contribution in [3.8, 4) is 21.9 Å². The summed E-state index contributed by atoms with van der Waals surface area (Å²) in [6.07, 6.45) is 0. The van der Waals surface area contributed by atoms with E-state index in [9.17, 15) is 9.90 Å². The van der Waals surface area contributed by atoms with Gasteiger partial charge in [0.25, 0.3) is 0 Å². The Hall–Kier alpha value is -2.83. The Kier molecular flexibility index (Phi) is 5.32. The first-order valence-electron chi connectivity index (χ1n) is 9.06. The molecule has 5 nitrogen and oxygen atoms in total. The normalized spacial score (nSPS) is 14.0. The lowest BCUT2D eigenvalue weighted by Crippen LogP contribution is -2.25. The smallest absolute Gasteiger partial charge is 0.337 e. The van der Waals surface area contributed by atoms with Gasteiger partial charge in [-0.05, 0) is 46.8 Å². The fourth-order valence-corrected chi connectivity index (χ4v) is 4.11. The third-order valence-corrected chi connectivity index (χ3v) is 5.70. The van der Waals surface area contributed by atoms with Crippen LogP contribution in [0.1, 0.15) is 21.5 Å². The van der Waals surface area contributed by atoms with Gasteiger partial charge in [0, 0.05) is 30.1 Å². The molecule has 0 aliphatic carbocycles. The van der Waals surface area contributed by atoms with E-state index in [0.717, 1.165) is 34.7 Å². The number of aromatic hydroxyl groups is 1.